The molecule has 1 aliphatic rings. The minimum absolute atomic E-state index is 0.0542. The average Bonchev–Trinajstić information content (AvgIpc) is 2.72. The number of nitrogens with zero attached hydrogens (tertiary/aromatic N) is 1. The minimum Gasteiger partial charge on any atom is -0.507 e. The Balaban J connectivity index is 2.40. The van der Waals surface area contributed by atoms with Crippen molar-refractivity contribution < 1.29 is 5.11 Å². The Labute approximate surface area is 148 Å². The first-order valence-electron chi connectivity index (χ1n) is 9.50. The molecule has 2 rings (SSSR count). The Morgan fingerprint density at radius 2 is 1.50 bits per heavy atom. The van der Waals surface area contributed by atoms with E-state index in [1.165, 1.54) is 44.1 Å². The van der Waals surface area contributed by atoms with E-state index >= 15 is 0 Å². The molecule has 0 atom stereocenters. The van der Waals surface area contributed by atoms with Crippen molar-refractivity contribution in [3.8, 4) is 5.75 Å². The van der Waals surface area contributed by atoms with E-state index in [1.54, 1.807) is 0 Å². The van der Waals surface area contributed by atoms with Crippen LogP contribution < -0.4 is 0 Å². The fourth-order valence-corrected chi connectivity index (χ4v) is 3.35. The van der Waals surface area contributed by atoms with Crippen LogP contribution >= 0.6 is 0 Å². The second-order valence-electron chi connectivity index (χ2n) is 9.39. The van der Waals surface area contributed by atoms with E-state index in [0.717, 1.165) is 11.1 Å². The zero-order valence-electron chi connectivity index (χ0n) is 16.4. The average molecular weight is 330 g/mol. The topological polar surface area (TPSA) is 32.6 Å². The van der Waals surface area contributed by atoms with Gasteiger partial charge in [0.2, 0.25) is 0 Å². The predicted octanol–water partition coefficient (Wildman–Crippen LogP) is 6.13. The van der Waals surface area contributed by atoms with E-state index in [2.05, 4.69) is 53.7 Å². The molecule has 2 heteroatoms. The van der Waals surface area contributed by atoms with Crippen molar-refractivity contribution in [1.82, 2.24) is 0 Å². The van der Waals surface area contributed by atoms with Crippen LogP contribution in [-0.2, 0) is 10.8 Å². The standard InChI is InChI=1S/C22H35NO/c1-21(2,3)17-13-16(20(24)19(14-17)22(4,5)6)15-23-18-11-9-7-8-10-12-18/h13-15,18,24H,7-12H2,1-6H3. The smallest absolute Gasteiger partial charge is 0.128 e. The third-order valence-electron chi connectivity index (χ3n) is 5.06. The Bertz CT molecular complexity index is 579. The second-order valence-corrected chi connectivity index (χ2v) is 9.39. The van der Waals surface area contributed by atoms with Crippen molar-refractivity contribution in [1.29, 1.82) is 0 Å². The summed E-state index contributed by atoms with van der Waals surface area (Å²) in [5.41, 5.74) is 3.11. The molecule has 0 bridgehead atoms. The molecule has 2 nitrogen and oxygen atoms in total. The van der Waals surface area contributed by atoms with Crippen LogP contribution in [0.3, 0.4) is 0 Å². The van der Waals surface area contributed by atoms with Crippen LogP contribution in [0.1, 0.15) is 96.8 Å². The number of phenols is 1. The van der Waals surface area contributed by atoms with Crippen LogP contribution in [0.15, 0.2) is 17.1 Å². The van der Waals surface area contributed by atoms with Gasteiger partial charge in [0.15, 0.2) is 0 Å². The number of aliphatic imine (C=N–C) groups is 1. The summed E-state index contributed by atoms with van der Waals surface area (Å²) in [6, 6.07) is 4.70. The van der Waals surface area contributed by atoms with Gasteiger partial charge in [-0.25, -0.2) is 0 Å². The summed E-state index contributed by atoms with van der Waals surface area (Å²) in [6.45, 7) is 13.1. The van der Waals surface area contributed by atoms with E-state index in [1.807, 2.05) is 6.21 Å². The fourth-order valence-electron chi connectivity index (χ4n) is 3.35. The van der Waals surface area contributed by atoms with Gasteiger partial charge in [-0.3, -0.25) is 4.99 Å². The Kier molecular flexibility index (Phi) is 5.78. The number of hydrogen-bond donors (Lipinski definition) is 1. The van der Waals surface area contributed by atoms with Crippen molar-refractivity contribution in [2.45, 2.75) is 96.9 Å². The predicted molar refractivity (Wildman–Crippen MR) is 105 cm³/mol. The highest BCUT2D eigenvalue weighted by Gasteiger charge is 2.24. The lowest BCUT2D eigenvalue weighted by Crippen LogP contribution is -2.17. The number of phenolic OH excluding ortho intramolecular Hbond substituents is 1. The quantitative estimate of drug-likeness (QED) is 0.514. The zero-order chi connectivity index (χ0) is 18.0. The molecule has 1 aromatic carbocycles. The number of benzene rings is 1. The summed E-state index contributed by atoms with van der Waals surface area (Å²) < 4.78 is 0. The summed E-state index contributed by atoms with van der Waals surface area (Å²) in [5, 5.41) is 10.8. The Hall–Kier alpha value is -1.31. The number of aromatic hydroxyl groups is 1. The zero-order valence-corrected chi connectivity index (χ0v) is 16.4. The fraction of sp³-hybridized carbons (Fsp3) is 0.682. The molecular weight excluding hydrogens is 294 g/mol. The van der Waals surface area contributed by atoms with Crippen LogP contribution in [0, 0.1) is 0 Å². The van der Waals surface area contributed by atoms with Crippen LogP contribution in [0.4, 0.5) is 0 Å². The highest BCUT2D eigenvalue weighted by atomic mass is 16.3. The van der Waals surface area contributed by atoms with Crippen LogP contribution in [0.2, 0.25) is 0 Å². The van der Waals surface area contributed by atoms with E-state index in [9.17, 15) is 5.11 Å². The van der Waals surface area contributed by atoms with Gasteiger partial charge >= 0.3 is 0 Å². The third-order valence-corrected chi connectivity index (χ3v) is 5.06. The van der Waals surface area contributed by atoms with Gasteiger partial charge in [0.1, 0.15) is 5.75 Å². The Morgan fingerprint density at radius 1 is 0.917 bits per heavy atom. The summed E-state index contributed by atoms with van der Waals surface area (Å²) >= 11 is 0. The van der Waals surface area contributed by atoms with Gasteiger partial charge in [-0.1, -0.05) is 73.3 Å². The maximum absolute atomic E-state index is 10.8. The van der Waals surface area contributed by atoms with Gasteiger partial charge in [0.25, 0.3) is 0 Å². The highest BCUT2D eigenvalue weighted by molar-refractivity contribution is 5.85. The first-order valence-corrected chi connectivity index (χ1v) is 9.50. The molecular formula is C22H35NO. The molecule has 0 aliphatic heterocycles. The lowest BCUT2D eigenvalue weighted by molar-refractivity contribution is 0.443. The van der Waals surface area contributed by atoms with Gasteiger partial charge in [-0.15, -0.1) is 0 Å². The summed E-state index contributed by atoms with van der Waals surface area (Å²) in [5.74, 6) is 0.396. The molecule has 1 fully saturated rings. The van der Waals surface area contributed by atoms with E-state index in [-0.39, 0.29) is 10.8 Å². The molecule has 134 valence electrons. The lowest BCUT2D eigenvalue weighted by Gasteiger charge is -2.27. The molecule has 1 saturated carbocycles. The van der Waals surface area contributed by atoms with Gasteiger partial charge < -0.3 is 5.11 Å². The van der Waals surface area contributed by atoms with Crippen molar-refractivity contribution in [2.75, 3.05) is 0 Å². The van der Waals surface area contributed by atoms with Gasteiger partial charge in [-0.05, 0) is 35.3 Å². The maximum atomic E-state index is 10.8. The van der Waals surface area contributed by atoms with Crippen molar-refractivity contribution >= 4 is 6.21 Å². The summed E-state index contributed by atoms with van der Waals surface area (Å²) in [4.78, 5) is 4.84. The molecule has 0 spiro atoms. The normalized spacial score (nSPS) is 18.1. The lowest BCUT2D eigenvalue weighted by atomic mass is 9.79. The molecule has 0 amide bonds. The van der Waals surface area contributed by atoms with Crippen LogP contribution in [0.5, 0.6) is 5.75 Å². The number of rotatable bonds is 2. The third kappa shape index (κ3) is 4.84. The maximum Gasteiger partial charge on any atom is 0.128 e. The second kappa shape index (κ2) is 7.29. The molecule has 1 aromatic rings. The van der Waals surface area contributed by atoms with E-state index in [4.69, 9.17) is 4.99 Å². The first-order chi connectivity index (χ1) is 11.1. The highest BCUT2D eigenvalue weighted by Crippen LogP contribution is 2.37. The number of hydrogen-bond acceptors (Lipinski definition) is 2. The Morgan fingerprint density at radius 3 is 2.00 bits per heavy atom. The molecule has 0 heterocycles. The molecule has 0 radical (unpaired) electrons. The van der Waals surface area contributed by atoms with Crippen molar-refractivity contribution in [2.24, 2.45) is 4.99 Å². The summed E-state index contributed by atoms with van der Waals surface area (Å²) in [6.07, 6.45) is 9.53. The summed E-state index contributed by atoms with van der Waals surface area (Å²) in [7, 11) is 0. The van der Waals surface area contributed by atoms with Crippen LogP contribution in [0.25, 0.3) is 0 Å². The SMILES string of the molecule is CC(C)(C)c1cc(C=NC2CCCCCC2)c(O)c(C(C)(C)C)c1. The van der Waals surface area contributed by atoms with Crippen LogP contribution in [-0.4, -0.2) is 17.4 Å². The van der Waals surface area contributed by atoms with Gasteiger partial charge in [-0.2, -0.15) is 0 Å². The first kappa shape index (κ1) is 19.0. The minimum atomic E-state index is -0.0871. The largest absolute Gasteiger partial charge is 0.507 e. The molecule has 0 unspecified atom stereocenters. The van der Waals surface area contributed by atoms with E-state index in [0.29, 0.717) is 11.8 Å². The molecule has 1 N–H and O–H groups in total. The van der Waals surface area contributed by atoms with Crippen molar-refractivity contribution in [3.63, 3.8) is 0 Å². The molecule has 1 aliphatic carbocycles. The van der Waals surface area contributed by atoms with Gasteiger partial charge in [0, 0.05) is 23.4 Å². The van der Waals surface area contributed by atoms with E-state index < -0.39 is 0 Å². The molecule has 0 saturated heterocycles. The van der Waals surface area contributed by atoms with Gasteiger partial charge in [0.05, 0.1) is 0 Å². The monoisotopic (exact) mass is 329 g/mol. The molecule has 0 aromatic heterocycles. The van der Waals surface area contributed by atoms with Crippen molar-refractivity contribution in [3.05, 3.63) is 28.8 Å². The molecule has 24 heavy (non-hydrogen) atoms.